The Morgan fingerprint density at radius 2 is 1.81 bits per heavy atom. The second-order valence-corrected chi connectivity index (χ2v) is 8.70. The lowest BCUT2D eigenvalue weighted by atomic mass is 9.61. The second-order valence-electron chi connectivity index (χ2n) is 7.33. The fourth-order valence-corrected chi connectivity index (χ4v) is 4.01. The minimum atomic E-state index is 0.0179. The van der Waals surface area contributed by atoms with E-state index in [0.717, 1.165) is 36.0 Å². The maximum Gasteiger partial charge on any atom is 0.150 e. The molecule has 0 bridgehead atoms. The number of alkyl halides is 1. The summed E-state index contributed by atoms with van der Waals surface area (Å²) < 4.78 is 5.59. The Balaban J connectivity index is 2.91. The van der Waals surface area contributed by atoms with Gasteiger partial charge in [-0.05, 0) is 47.8 Å². The largest absolute Gasteiger partial charge is 0.496 e. The fourth-order valence-electron chi connectivity index (χ4n) is 3.54. The molecule has 2 nitrogen and oxygen atoms in total. The van der Waals surface area contributed by atoms with Crippen LogP contribution in [0.15, 0.2) is 6.07 Å². The molecule has 2 rings (SSSR count). The number of benzene rings is 1. The molecule has 0 radical (unpaired) electrons. The molecule has 0 saturated carbocycles. The highest BCUT2D eigenvalue weighted by molar-refractivity contribution is 9.09. The Bertz CT molecular complexity index is 571. The Kier molecular flexibility index (Phi) is 4.27. The van der Waals surface area contributed by atoms with Crippen LogP contribution in [0.1, 0.15) is 79.3 Å². The van der Waals surface area contributed by atoms with Crippen molar-refractivity contribution in [3.05, 3.63) is 28.3 Å². The van der Waals surface area contributed by atoms with Crippen molar-refractivity contribution in [3.8, 4) is 5.75 Å². The van der Waals surface area contributed by atoms with Crippen molar-refractivity contribution < 1.29 is 9.53 Å². The van der Waals surface area contributed by atoms with E-state index < -0.39 is 0 Å². The van der Waals surface area contributed by atoms with Crippen molar-refractivity contribution in [3.63, 3.8) is 0 Å². The third-order valence-electron chi connectivity index (χ3n) is 4.89. The lowest BCUT2D eigenvalue weighted by molar-refractivity contribution is 0.111. The van der Waals surface area contributed by atoms with Crippen LogP contribution in [-0.2, 0) is 10.8 Å². The van der Waals surface area contributed by atoms with Gasteiger partial charge in [0.05, 0.1) is 7.11 Å². The third-order valence-corrected chi connectivity index (χ3v) is 5.34. The topological polar surface area (TPSA) is 26.3 Å². The standard InChI is InChI=1S/C18H25BrO2/c1-11(19)15-12(10-20)16-13(9-14(15)21-6)17(2,3)7-8-18(16,4)5/h9-11H,7-8H2,1-6H3. The zero-order valence-electron chi connectivity index (χ0n) is 13.8. The van der Waals surface area contributed by atoms with Crippen molar-refractivity contribution in [1.82, 2.24) is 0 Å². The average Bonchev–Trinajstić information content (AvgIpc) is 2.41. The Labute approximate surface area is 136 Å². The van der Waals surface area contributed by atoms with Gasteiger partial charge >= 0.3 is 0 Å². The van der Waals surface area contributed by atoms with Crippen LogP contribution in [0.2, 0.25) is 0 Å². The van der Waals surface area contributed by atoms with Gasteiger partial charge in [-0.1, -0.05) is 43.6 Å². The summed E-state index contributed by atoms with van der Waals surface area (Å²) in [5.41, 5.74) is 4.34. The molecule has 1 aromatic rings. The lowest BCUT2D eigenvalue weighted by Crippen LogP contribution is -2.35. The number of carbonyl (C=O) groups is 1. The van der Waals surface area contributed by atoms with Crippen LogP contribution in [0, 0.1) is 0 Å². The molecule has 0 fully saturated rings. The van der Waals surface area contributed by atoms with E-state index in [0.29, 0.717) is 0 Å². The Morgan fingerprint density at radius 3 is 2.29 bits per heavy atom. The molecule has 1 unspecified atom stereocenters. The smallest absolute Gasteiger partial charge is 0.150 e. The molecule has 1 aromatic carbocycles. The van der Waals surface area contributed by atoms with Crippen molar-refractivity contribution in [2.24, 2.45) is 0 Å². The molecule has 1 atom stereocenters. The molecule has 1 aliphatic carbocycles. The van der Waals surface area contributed by atoms with Gasteiger partial charge < -0.3 is 4.74 Å². The summed E-state index contributed by atoms with van der Waals surface area (Å²) in [6.07, 6.45) is 3.23. The quantitative estimate of drug-likeness (QED) is 0.544. The van der Waals surface area contributed by atoms with Crippen molar-refractivity contribution in [2.45, 2.75) is 63.1 Å². The molecule has 0 heterocycles. The molecule has 0 N–H and O–H groups in total. The predicted octanol–water partition coefficient (Wildman–Crippen LogP) is 5.31. The molecular weight excluding hydrogens is 328 g/mol. The van der Waals surface area contributed by atoms with Gasteiger partial charge in [-0.25, -0.2) is 0 Å². The normalized spacial score (nSPS) is 20.5. The number of aldehydes is 1. The molecule has 0 aromatic heterocycles. The molecular formula is C18H25BrO2. The van der Waals surface area contributed by atoms with Crippen molar-refractivity contribution >= 4 is 22.2 Å². The van der Waals surface area contributed by atoms with Gasteiger partial charge in [0.2, 0.25) is 0 Å². The molecule has 21 heavy (non-hydrogen) atoms. The van der Waals surface area contributed by atoms with E-state index >= 15 is 0 Å². The summed E-state index contributed by atoms with van der Waals surface area (Å²) in [5.74, 6) is 0.811. The van der Waals surface area contributed by atoms with Gasteiger partial charge in [0.1, 0.15) is 5.75 Å². The molecule has 1 aliphatic rings. The van der Waals surface area contributed by atoms with Crippen LogP contribution >= 0.6 is 15.9 Å². The number of halogens is 1. The first-order chi connectivity index (χ1) is 9.65. The molecule has 0 amide bonds. The monoisotopic (exact) mass is 352 g/mol. The number of carbonyl (C=O) groups excluding carboxylic acids is 1. The van der Waals surface area contributed by atoms with Gasteiger partial charge in [0.15, 0.2) is 6.29 Å². The highest BCUT2D eigenvalue weighted by Crippen LogP contribution is 2.50. The average molecular weight is 353 g/mol. The minimum absolute atomic E-state index is 0.0179. The third kappa shape index (κ3) is 2.65. The summed E-state index contributed by atoms with van der Waals surface area (Å²) in [7, 11) is 1.68. The summed E-state index contributed by atoms with van der Waals surface area (Å²) in [6.45, 7) is 11.0. The minimum Gasteiger partial charge on any atom is -0.496 e. The second kappa shape index (κ2) is 5.42. The molecule has 3 heteroatoms. The lowest BCUT2D eigenvalue weighted by Gasteiger charge is -2.43. The summed E-state index contributed by atoms with van der Waals surface area (Å²) in [5, 5.41) is 0. The van der Waals surface area contributed by atoms with Crippen LogP contribution in [-0.4, -0.2) is 13.4 Å². The maximum absolute atomic E-state index is 11.9. The van der Waals surface area contributed by atoms with E-state index in [1.165, 1.54) is 11.1 Å². The van der Waals surface area contributed by atoms with Crippen LogP contribution in [0.3, 0.4) is 0 Å². The number of hydrogen-bond acceptors (Lipinski definition) is 2. The van der Waals surface area contributed by atoms with Crippen molar-refractivity contribution in [1.29, 1.82) is 0 Å². The van der Waals surface area contributed by atoms with Crippen LogP contribution in [0.5, 0.6) is 5.75 Å². The Morgan fingerprint density at radius 1 is 1.24 bits per heavy atom. The van der Waals surface area contributed by atoms with Gasteiger partial charge in [0, 0.05) is 16.0 Å². The van der Waals surface area contributed by atoms with Crippen LogP contribution < -0.4 is 4.74 Å². The zero-order chi connectivity index (χ0) is 16.0. The van der Waals surface area contributed by atoms with E-state index in [-0.39, 0.29) is 15.7 Å². The van der Waals surface area contributed by atoms with Gasteiger partial charge in [-0.15, -0.1) is 0 Å². The van der Waals surface area contributed by atoms with Gasteiger partial charge in [0.25, 0.3) is 0 Å². The first-order valence-electron chi connectivity index (χ1n) is 7.51. The zero-order valence-corrected chi connectivity index (χ0v) is 15.4. The van der Waals surface area contributed by atoms with Crippen LogP contribution in [0.25, 0.3) is 0 Å². The summed E-state index contributed by atoms with van der Waals surface area (Å²) in [6, 6.07) is 2.15. The SMILES string of the molecule is COc1cc2c(c(C=O)c1C(C)Br)C(C)(C)CCC2(C)C. The first kappa shape index (κ1) is 16.5. The number of ether oxygens (including phenoxy) is 1. The number of hydrogen-bond donors (Lipinski definition) is 0. The highest BCUT2D eigenvalue weighted by Gasteiger charge is 2.40. The van der Waals surface area contributed by atoms with Crippen LogP contribution in [0.4, 0.5) is 0 Å². The van der Waals surface area contributed by atoms with E-state index in [1.54, 1.807) is 7.11 Å². The van der Waals surface area contributed by atoms with E-state index in [9.17, 15) is 4.79 Å². The number of methoxy groups -OCH3 is 1. The number of fused-ring (bicyclic) bond motifs is 1. The van der Waals surface area contributed by atoms with Crippen molar-refractivity contribution in [2.75, 3.05) is 7.11 Å². The first-order valence-corrected chi connectivity index (χ1v) is 8.42. The molecule has 116 valence electrons. The molecule has 0 aliphatic heterocycles. The van der Waals surface area contributed by atoms with Gasteiger partial charge in [-0.2, -0.15) is 0 Å². The highest BCUT2D eigenvalue weighted by atomic mass is 79.9. The molecule has 0 spiro atoms. The molecule has 0 saturated heterocycles. The summed E-state index contributed by atoms with van der Waals surface area (Å²) >= 11 is 3.62. The Hall–Kier alpha value is -0.830. The predicted molar refractivity (Wildman–Crippen MR) is 91.0 cm³/mol. The van der Waals surface area contributed by atoms with E-state index in [4.69, 9.17) is 4.74 Å². The summed E-state index contributed by atoms with van der Waals surface area (Å²) in [4.78, 5) is 12.0. The number of rotatable bonds is 3. The van der Waals surface area contributed by atoms with Gasteiger partial charge in [-0.3, -0.25) is 4.79 Å². The van der Waals surface area contributed by atoms with E-state index in [2.05, 4.69) is 49.7 Å². The van der Waals surface area contributed by atoms with E-state index in [1.807, 2.05) is 6.92 Å². The fraction of sp³-hybridized carbons (Fsp3) is 0.611. The maximum atomic E-state index is 11.9.